The Kier molecular flexibility index (Phi) is 7.57. The highest BCUT2D eigenvalue weighted by Gasteiger charge is 2.30. The molecule has 204 valence electrons. The number of rotatable bonds is 6. The number of carbonyl (C=O) groups excluding carboxylic acids is 1. The Bertz CT molecular complexity index is 1310. The van der Waals surface area contributed by atoms with Gasteiger partial charge in [0.1, 0.15) is 5.60 Å². The van der Waals surface area contributed by atoms with Crippen LogP contribution in [0.2, 0.25) is 0 Å². The number of hydrogen-bond donors (Lipinski definition) is 2. The van der Waals surface area contributed by atoms with E-state index in [4.69, 9.17) is 4.74 Å². The lowest BCUT2D eigenvalue weighted by Crippen LogP contribution is -2.43. The fourth-order valence-corrected chi connectivity index (χ4v) is 4.54. The van der Waals surface area contributed by atoms with Crippen molar-refractivity contribution in [1.29, 1.82) is 0 Å². The van der Waals surface area contributed by atoms with Crippen LogP contribution in [0.3, 0.4) is 0 Å². The van der Waals surface area contributed by atoms with Crippen LogP contribution >= 0.6 is 0 Å². The van der Waals surface area contributed by atoms with Crippen molar-refractivity contribution in [3.05, 3.63) is 59.2 Å². The van der Waals surface area contributed by atoms with E-state index in [0.717, 1.165) is 30.5 Å². The Morgan fingerprint density at radius 2 is 1.84 bits per heavy atom. The number of halogens is 3. The summed E-state index contributed by atoms with van der Waals surface area (Å²) in [6, 6.07) is 9.58. The molecule has 2 aromatic carbocycles. The summed E-state index contributed by atoms with van der Waals surface area (Å²) in [5.41, 5.74) is 0.629. The molecule has 0 saturated carbocycles. The molecule has 1 saturated heterocycles. The van der Waals surface area contributed by atoms with E-state index >= 15 is 0 Å². The first kappa shape index (κ1) is 27.3. The van der Waals surface area contributed by atoms with E-state index in [9.17, 15) is 27.9 Å². The third-order valence-electron chi connectivity index (χ3n) is 6.34. The summed E-state index contributed by atoms with van der Waals surface area (Å²) in [5.74, 6) is -0.503. The summed E-state index contributed by atoms with van der Waals surface area (Å²) >= 11 is 0. The standard InChI is InChI=1S/C27H31F3N4O4/c1-26(2,3)38-25(37)33-12-4-5-18(15-33)16-34-22-11-8-19(23(35)36)13-21(22)32-24(34)31-14-17-6-9-20(10-7-17)27(28,29)30/h6-11,13,18H,4-5,12,14-16H2,1-3H3,(H,31,32)(H,35,36). The van der Waals surface area contributed by atoms with Gasteiger partial charge in [0.25, 0.3) is 0 Å². The number of nitrogens with one attached hydrogen (secondary N) is 1. The van der Waals surface area contributed by atoms with E-state index in [1.54, 1.807) is 11.0 Å². The van der Waals surface area contributed by atoms with Crippen molar-refractivity contribution in [3.63, 3.8) is 0 Å². The van der Waals surface area contributed by atoms with Gasteiger partial charge >= 0.3 is 18.2 Å². The molecular weight excluding hydrogens is 501 g/mol. The number of carboxylic acids is 1. The summed E-state index contributed by atoms with van der Waals surface area (Å²) < 4.78 is 46.2. The second-order valence-electron chi connectivity index (χ2n) is 10.5. The third-order valence-corrected chi connectivity index (χ3v) is 6.34. The van der Waals surface area contributed by atoms with Crippen LogP contribution in [0, 0.1) is 5.92 Å². The normalized spacial score (nSPS) is 16.5. The number of aromatic nitrogens is 2. The quantitative estimate of drug-likeness (QED) is 0.404. The molecule has 38 heavy (non-hydrogen) atoms. The average Bonchev–Trinajstić information content (AvgIpc) is 3.18. The van der Waals surface area contributed by atoms with Crippen molar-refractivity contribution < 1.29 is 32.6 Å². The zero-order valence-electron chi connectivity index (χ0n) is 21.5. The van der Waals surface area contributed by atoms with Crippen molar-refractivity contribution in [1.82, 2.24) is 14.5 Å². The first-order valence-electron chi connectivity index (χ1n) is 12.4. The molecule has 1 fully saturated rings. The largest absolute Gasteiger partial charge is 0.478 e. The highest BCUT2D eigenvalue weighted by atomic mass is 19.4. The van der Waals surface area contributed by atoms with Crippen LogP contribution in [-0.2, 0) is 24.0 Å². The molecule has 0 radical (unpaired) electrons. The molecule has 1 atom stereocenters. The number of imidazole rings is 1. The molecule has 2 heterocycles. The van der Waals surface area contributed by atoms with Crippen LogP contribution in [0.25, 0.3) is 11.0 Å². The number of aromatic carboxylic acids is 1. The first-order chi connectivity index (χ1) is 17.8. The minimum absolute atomic E-state index is 0.0967. The van der Waals surface area contributed by atoms with Gasteiger partial charge in [0, 0.05) is 26.2 Å². The second-order valence-corrected chi connectivity index (χ2v) is 10.5. The number of likely N-dealkylation sites (tertiary alicyclic amines) is 1. The Hall–Kier alpha value is -3.76. The molecule has 1 aliphatic rings. The van der Waals surface area contributed by atoms with Gasteiger partial charge in [0.15, 0.2) is 0 Å². The molecule has 0 aliphatic carbocycles. The van der Waals surface area contributed by atoms with Crippen LogP contribution in [-0.4, -0.2) is 50.3 Å². The minimum Gasteiger partial charge on any atom is -0.478 e. The molecular formula is C27H31F3N4O4. The summed E-state index contributed by atoms with van der Waals surface area (Å²) in [6.45, 7) is 7.31. The van der Waals surface area contributed by atoms with Gasteiger partial charge in [-0.15, -0.1) is 0 Å². The average molecular weight is 533 g/mol. The number of amides is 1. The molecule has 0 spiro atoms. The molecule has 11 heteroatoms. The maximum absolute atomic E-state index is 12.9. The number of alkyl halides is 3. The van der Waals surface area contributed by atoms with Gasteiger partial charge in [-0.1, -0.05) is 12.1 Å². The predicted octanol–water partition coefficient (Wildman–Crippen LogP) is 6.01. The number of fused-ring (bicyclic) bond motifs is 1. The van der Waals surface area contributed by atoms with Gasteiger partial charge in [-0.05, 0) is 75.4 Å². The fraction of sp³-hybridized carbons (Fsp3) is 0.444. The van der Waals surface area contributed by atoms with Crippen molar-refractivity contribution in [2.24, 2.45) is 5.92 Å². The molecule has 1 aliphatic heterocycles. The molecule has 8 nitrogen and oxygen atoms in total. The molecule has 0 bridgehead atoms. The number of carboxylic acid groups (broad SMARTS) is 1. The number of anilines is 1. The highest BCUT2D eigenvalue weighted by molar-refractivity contribution is 5.93. The zero-order valence-corrected chi connectivity index (χ0v) is 21.5. The number of piperidine rings is 1. The summed E-state index contributed by atoms with van der Waals surface area (Å²) in [4.78, 5) is 30.4. The molecule has 3 aromatic rings. The van der Waals surface area contributed by atoms with Gasteiger partial charge in [-0.3, -0.25) is 0 Å². The molecule has 1 aromatic heterocycles. The number of ether oxygens (including phenoxy) is 1. The Labute approximate surface area is 218 Å². The molecule has 1 amide bonds. The fourth-order valence-electron chi connectivity index (χ4n) is 4.54. The summed E-state index contributed by atoms with van der Waals surface area (Å²) in [7, 11) is 0. The second kappa shape index (κ2) is 10.5. The molecule has 1 unspecified atom stereocenters. The summed E-state index contributed by atoms with van der Waals surface area (Å²) in [5, 5.41) is 12.6. The maximum Gasteiger partial charge on any atom is 0.416 e. The van der Waals surface area contributed by atoms with E-state index in [0.29, 0.717) is 36.7 Å². The molecule has 2 N–H and O–H groups in total. The van der Waals surface area contributed by atoms with E-state index in [2.05, 4.69) is 10.3 Å². The number of benzene rings is 2. The van der Waals surface area contributed by atoms with Crippen LogP contribution in [0.5, 0.6) is 0 Å². The number of hydrogen-bond acceptors (Lipinski definition) is 5. The smallest absolute Gasteiger partial charge is 0.416 e. The first-order valence-corrected chi connectivity index (χ1v) is 12.4. The van der Waals surface area contributed by atoms with Crippen molar-refractivity contribution in [3.8, 4) is 0 Å². The van der Waals surface area contributed by atoms with Crippen LogP contribution < -0.4 is 5.32 Å². The van der Waals surface area contributed by atoms with E-state index in [1.165, 1.54) is 24.3 Å². The van der Waals surface area contributed by atoms with Gasteiger partial charge in [-0.2, -0.15) is 13.2 Å². The topological polar surface area (TPSA) is 96.7 Å². The Morgan fingerprint density at radius 1 is 1.13 bits per heavy atom. The number of carbonyl (C=O) groups is 2. The van der Waals surface area contributed by atoms with Crippen molar-refractivity contribution in [2.45, 2.75) is 58.5 Å². The van der Waals surface area contributed by atoms with Gasteiger partial charge in [-0.25, -0.2) is 14.6 Å². The lowest BCUT2D eigenvalue weighted by molar-refractivity contribution is -0.137. The predicted molar refractivity (Wildman–Crippen MR) is 136 cm³/mol. The highest BCUT2D eigenvalue weighted by Crippen LogP contribution is 2.30. The zero-order chi connectivity index (χ0) is 27.7. The lowest BCUT2D eigenvalue weighted by Gasteiger charge is -2.34. The van der Waals surface area contributed by atoms with Crippen molar-refractivity contribution >= 4 is 29.0 Å². The third kappa shape index (κ3) is 6.56. The van der Waals surface area contributed by atoms with Crippen molar-refractivity contribution in [2.75, 3.05) is 18.4 Å². The van der Waals surface area contributed by atoms with Gasteiger partial charge in [0.05, 0.1) is 22.2 Å². The van der Waals surface area contributed by atoms with Gasteiger partial charge in [0.2, 0.25) is 5.95 Å². The van der Waals surface area contributed by atoms with E-state index in [-0.39, 0.29) is 24.1 Å². The Balaban J connectivity index is 1.57. The number of nitrogens with zero attached hydrogens (tertiary/aromatic N) is 3. The van der Waals surface area contributed by atoms with Crippen LogP contribution in [0.15, 0.2) is 42.5 Å². The van der Waals surface area contributed by atoms with Crippen LogP contribution in [0.4, 0.5) is 23.9 Å². The summed E-state index contributed by atoms with van der Waals surface area (Å²) in [6.07, 6.45) is -3.07. The Morgan fingerprint density at radius 3 is 2.47 bits per heavy atom. The van der Waals surface area contributed by atoms with Gasteiger partial charge < -0.3 is 24.6 Å². The SMILES string of the molecule is CC(C)(C)OC(=O)N1CCCC(Cn2c(NCc3ccc(C(F)(F)F)cc3)nc3cc(C(=O)O)ccc32)C1. The van der Waals surface area contributed by atoms with Crippen LogP contribution in [0.1, 0.15) is 55.1 Å². The maximum atomic E-state index is 12.9. The lowest BCUT2D eigenvalue weighted by atomic mass is 9.98. The van der Waals surface area contributed by atoms with E-state index < -0.39 is 23.3 Å². The monoisotopic (exact) mass is 532 g/mol. The molecule has 4 rings (SSSR count). The minimum atomic E-state index is -4.41. The van der Waals surface area contributed by atoms with E-state index in [1.807, 2.05) is 25.3 Å².